The topological polar surface area (TPSA) is 103 Å². The van der Waals surface area contributed by atoms with Crippen LogP contribution in [0.4, 0.5) is 5.82 Å². The average molecular weight is 525 g/mol. The molecule has 4 aromatic rings. The van der Waals surface area contributed by atoms with Crippen LogP contribution in [0.2, 0.25) is 0 Å². The molecule has 0 spiro atoms. The van der Waals surface area contributed by atoms with Gasteiger partial charge in [0, 0.05) is 12.5 Å². The van der Waals surface area contributed by atoms with Gasteiger partial charge in [0.2, 0.25) is 11.0 Å². The van der Waals surface area contributed by atoms with E-state index in [1.807, 2.05) is 6.92 Å². The normalized spacial score (nSPS) is 13.5. The molecule has 1 aliphatic rings. The zero-order chi connectivity index (χ0) is 25.3. The number of carbonyl (C=O) groups is 1. The minimum Gasteiger partial charge on any atom is -0.497 e. The van der Waals surface area contributed by atoms with Crippen molar-refractivity contribution in [3.63, 3.8) is 0 Å². The fourth-order valence-electron chi connectivity index (χ4n) is 4.50. The molecule has 1 amide bonds. The smallest absolute Gasteiger partial charge is 0.225 e. The minimum absolute atomic E-state index is 0.0756. The van der Waals surface area contributed by atoms with Crippen LogP contribution in [-0.4, -0.2) is 42.0 Å². The lowest BCUT2D eigenvalue weighted by Crippen LogP contribution is -2.16. The molecule has 2 aromatic carbocycles. The number of methoxy groups -OCH3 is 1. The summed E-state index contributed by atoms with van der Waals surface area (Å²) in [5, 5.41) is 8.12. The highest BCUT2D eigenvalue weighted by Crippen LogP contribution is 2.32. The zero-order valence-electron chi connectivity index (χ0n) is 20.3. The Kier molecular flexibility index (Phi) is 6.81. The first-order valence-corrected chi connectivity index (χ1v) is 14.5. The number of hydrogen-bond donors (Lipinski definition) is 1. The van der Waals surface area contributed by atoms with Gasteiger partial charge in [-0.05, 0) is 86.6 Å². The van der Waals surface area contributed by atoms with Gasteiger partial charge >= 0.3 is 0 Å². The Bertz CT molecular complexity index is 1480. The molecular formula is C26H28N4O4S2. The molecule has 0 aliphatic heterocycles. The van der Waals surface area contributed by atoms with E-state index in [4.69, 9.17) is 9.72 Å². The fraction of sp³-hybridized carbons (Fsp3) is 0.346. The molecule has 10 heteroatoms. The third kappa shape index (κ3) is 5.15. The van der Waals surface area contributed by atoms with Gasteiger partial charge < -0.3 is 10.1 Å². The van der Waals surface area contributed by atoms with Crippen LogP contribution in [0.15, 0.2) is 47.4 Å². The summed E-state index contributed by atoms with van der Waals surface area (Å²) in [4.78, 5) is 17.7. The van der Waals surface area contributed by atoms with Crippen molar-refractivity contribution in [2.45, 2.75) is 50.3 Å². The number of rotatable bonds is 8. The Hall–Kier alpha value is -3.24. The lowest BCUT2D eigenvalue weighted by atomic mass is 9.92. The van der Waals surface area contributed by atoms with Crippen LogP contribution in [0, 0.1) is 6.92 Å². The van der Waals surface area contributed by atoms with E-state index in [0.717, 1.165) is 28.8 Å². The summed E-state index contributed by atoms with van der Waals surface area (Å²) in [6.45, 7) is 1.86. The second-order valence-corrected chi connectivity index (χ2v) is 12.1. The highest BCUT2D eigenvalue weighted by atomic mass is 32.2. The summed E-state index contributed by atoms with van der Waals surface area (Å²) in [5.74, 6) is 0.734. The number of carbonyl (C=O) groups excluding carboxylic acids is 1. The SMILES string of the molecule is COc1ccc(S(=O)(=O)CCCC(=O)Nc2cc(C)nn2-c2nc3cc4c(cc3s2)CCCC4)cc1. The first-order chi connectivity index (χ1) is 17.3. The average Bonchev–Trinajstić information content (AvgIpc) is 3.44. The van der Waals surface area contributed by atoms with Crippen molar-refractivity contribution < 1.29 is 17.9 Å². The largest absolute Gasteiger partial charge is 0.497 e. The molecule has 0 saturated carbocycles. The summed E-state index contributed by atoms with van der Waals surface area (Å²) < 4.78 is 33.0. The van der Waals surface area contributed by atoms with Crippen molar-refractivity contribution in [3.05, 3.63) is 59.3 Å². The van der Waals surface area contributed by atoms with Gasteiger partial charge in [0.1, 0.15) is 11.6 Å². The number of anilines is 1. The molecule has 0 unspecified atom stereocenters. The summed E-state index contributed by atoms with van der Waals surface area (Å²) >= 11 is 1.55. The lowest BCUT2D eigenvalue weighted by molar-refractivity contribution is -0.116. The number of amides is 1. The predicted molar refractivity (Wildman–Crippen MR) is 141 cm³/mol. The maximum Gasteiger partial charge on any atom is 0.225 e. The molecule has 0 atom stereocenters. The van der Waals surface area contributed by atoms with Gasteiger partial charge in [-0.3, -0.25) is 4.79 Å². The van der Waals surface area contributed by atoms with E-state index in [1.54, 1.807) is 34.2 Å². The van der Waals surface area contributed by atoms with Gasteiger partial charge in [0.15, 0.2) is 9.84 Å². The van der Waals surface area contributed by atoms with E-state index < -0.39 is 9.84 Å². The Morgan fingerprint density at radius 3 is 2.56 bits per heavy atom. The monoisotopic (exact) mass is 524 g/mol. The van der Waals surface area contributed by atoms with E-state index in [2.05, 4.69) is 22.5 Å². The molecule has 0 radical (unpaired) electrons. The molecular weight excluding hydrogens is 496 g/mol. The van der Waals surface area contributed by atoms with Gasteiger partial charge in [0.25, 0.3) is 0 Å². The second-order valence-electron chi connectivity index (χ2n) is 9.02. The maximum absolute atomic E-state index is 12.7. The van der Waals surface area contributed by atoms with Gasteiger partial charge in [-0.2, -0.15) is 9.78 Å². The molecule has 36 heavy (non-hydrogen) atoms. The van der Waals surface area contributed by atoms with Crippen LogP contribution in [0.25, 0.3) is 15.3 Å². The highest BCUT2D eigenvalue weighted by Gasteiger charge is 2.19. The van der Waals surface area contributed by atoms with Crippen molar-refractivity contribution in [1.29, 1.82) is 0 Å². The van der Waals surface area contributed by atoms with E-state index >= 15 is 0 Å². The molecule has 188 valence electrons. The third-order valence-electron chi connectivity index (χ3n) is 6.36. The van der Waals surface area contributed by atoms with Crippen molar-refractivity contribution in [1.82, 2.24) is 14.8 Å². The lowest BCUT2D eigenvalue weighted by Gasteiger charge is -2.14. The fourth-order valence-corrected chi connectivity index (χ4v) is 6.78. The number of nitrogens with one attached hydrogen (secondary N) is 1. The summed E-state index contributed by atoms with van der Waals surface area (Å²) in [6.07, 6.45) is 4.92. The Morgan fingerprint density at radius 2 is 1.83 bits per heavy atom. The molecule has 5 rings (SSSR count). The first kappa shape index (κ1) is 24.5. The number of aryl methyl sites for hydroxylation is 3. The molecule has 0 saturated heterocycles. The van der Waals surface area contributed by atoms with Crippen LogP contribution >= 0.6 is 11.3 Å². The predicted octanol–water partition coefficient (Wildman–Crippen LogP) is 4.87. The molecule has 2 aromatic heterocycles. The van der Waals surface area contributed by atoms with Gasteiger partial charge in [-0.1, -0.05) is 11.3 Å². The summed E-state index contributed by atoms with van der Waals surface area (Å²) in [7, 11) is -1.96. The number of nitrogens with zero attached hydrogens (tertiary/aromatic N) is 3. The van der Waals surface area contributed by atoms with Gasteiger partial charge in [0.05, 0.1) is 33.7 Å². The number of fused-ring (bicyclic) bond motifs is 2. The third-order valence-corrected chi connectivity index (χ3v) is 9.17. The number of ether oxygens (including phenoxy) is 1. The number of aromatic nitrogens is 3. The van der Waals surface area contributed by atoms with Gasteiger partial charge in [-0.15, -0.1) is 0 Å². The van der Waals surface area contributed by atoms with Crippen molar-refractivity contribution >= 4 is 43.1 Å². The van der Waals surface area contributed by atoms with E-state index in [9.17, 15) is 13.2 Å². The number of hydrogen-bond acceptors (Lipinski definition) is 7. The molecule has 0 fully saturated rings. The van der Waals surface area contributed by atoms with Crippen LogP contribution in [-0.2, 0) is 27.5 Å². The Morgan fingerprint density at radius 1 is 1.11 bits per heavy atom. The Balaban J connectivity index is 1.26. The zero-order valence-corrected chi connectivity index (χ0v) is 21.9. The summed E-state index contributed by atoms with van der Waals surface area (Å²) in [6, 6.07) is 12.5. The van der Waals surface area contributed by atoms with E-state index in [1.165, 1.54) is 43.2 Å². The number of sulfone groups is 1. The number of thiazole rings is 1. The molecule has 1 aliphatic carbocycles. The van der Waals surface area contributed by atoms with Crippen LogP contribution in [0.5, 0.6) is 5.75 Å². The molecule has 8 nitrogen and oxygen atoms in total. The highest BCUT2D eigenvalue weighted by molar-refractivity contribution is 7.91. The molecule has 0 bridgehead atoms. The van der Waals surface area contributed by atoms with Crippen LogP contribution in [0.1, 0.15) is 42.5 Å². The number of benzene rings is 2. The Labute approximate surface area is 214 Å². The van der Waals surface area contributed by atoms with Gasteiger partial charge in [-0.25, -0.2) is 13.4 Å². The minimum atomic E-state index is -3.48. The molecule has 2 heterocycles. The maximum atomic E-state index is 12.7. The van der Waals surface area contributed by atoms with Crippen LogP contribution < -0.4 is 10.1 Å². The standard InChI is InChI=1S/C26H28N4O4S2/c1-17-14-24(28-25(31)8-5-13-36(32,33)21-11-9-20(34-2)10-12-21)30(29-17)26-27-22-15-18-6-3-4-7-19(18)16-23(22)35-26/h9-12,14-16H,3-8,13H2,1-2H3,(H,28,31). The quantitative estimate of drug-likeness (QED) is 0.353. The van der Waals surface area contributed by atoms with Crippen molar-refractivity contribution in [2.24, 2.45) is 0 Å². The van der Waals surface area contributed by atoms with E-state index in [0.29, 0.717) is 16.7 Å². The molecule has 1 N–H and O–H groups in total. The first-order valence-electron chi connectivity index (χ1n) is 12.0. The van der Waals surface area contributed by atoms with Crippen LogP contribution in [0.3, 0.4) is 0 Å². The second kappa shape index (κ2) is 10.0. The van der Waals surface area contributed by atoms with Crippen molar-refractivity contribution in [3.8, 4) is 10.9 Å². The van der Waals surface area contributed by atoms with Crippen molar-refractivity contribution in [2.75, 3.05) is 18.2 Å². The summed E-state index contributed by atoms with van der Waals surface area (Å²) in [5.41, 5.74) is 4.48. The van der Waals surface area contributed by atoms with E-state index in [-0.39, 0.29) is 29.4 Å².